The van der Waals surface area contributed by atoms with Crippen molar-refractivity contribution in [3.05, 3.63) is 56.1 Å². The Labute approximate surface area is 234 Å². The molecule has 0 radical (unpaired) electrons. The van der Waals surface area contributed by atoms with Crippen LogP contribution in [0.2, 0.25) is 0 Å². The number of nitrogens with one attached hydrogen (secondary N) is 1. The fraction of sp³-hybridized carbons (Fsp3) is 0.357. The molecule has 5 rings (SSSR count). The summed E-state index contributed by atoms with van der Waals surface area (Å²) < 4.78 is 7.08. The summed E-state index contributed by atoms with van der Waals surface area (Å²) in [5, 5.41) is 15.4. The zero-order chi connectivity index (χ0) is 26.8. The van der Waals surface area contributed by atoms with E-state index in [-0.39, 0.29) is 11.7 Å². The number of fused-ring (bicyclic) bond motifs is 1. The highest BCUT2D eigenvalue weighted by molar-refractivity contribution is 7.99. The molecule has 198 valence electrons. The van der Waals surface area contributed by atoms with E-state index >= 15 is 0 Å². The van der Waals surface area contributed by atoms with Crippen molar-refractivity contribution >= 4 is 51.3 Å². The van der Waals surface area contributed by atoms with Crippen LogP contribution in [0.5, 0.6) is 0 Å². The first kappa shape index (κ1) is 26.6. The average Bonchev–Trinajstić information content (AvgIpc) is 3.61. The molecule has 1 aromatic carbocycles. The molecule has 1 N–H and O–H groups in total. The topological polar surface area (TPSA) is 86.1 Å². The number of thiophene rings is 2. The minimum absolute atomic E-state index is 0.162. The third-order valence-electron chi connectivity index (χ3n) is 6.74. The predicted octanol–water partition coefficient (Wildman–Crippen LogP) is 6.77. The second-order valence-electron chi connectivity index (χ2n) is 9.24. The molecule has 38 heavy (non-hydrogen) atoms. The number of thioether (sulfide) groups is 1. The maximum absolute atomic E-state index is 13.0. The predicted molar refractivity (Wildman–Crippen MR) is 156 cm³/mol. The monoisotopic (exact) mass is 566 g/mol. The Morgan fingerprint density at radius 1 is 1.13 bits per heavy atom. The van der Waals surface area contributed by atoms with Gasteiger partial charge >= 0.3 is 5.97 Å². The maximum atomic E-state index is 13.0. The molecule has 1 aliphatic carbocycles. The number of rotatable bonds is 8. The largest absolute Gasteiger partial charge is 0.465 e. The normalized spacial score (nSPS) is 12.8. The zero-order valence-electron chi connectivity index (χ0n) is 21.9. The summed E-state index contributed by atoms with van der Waals surface area (Å²) in [6, 6.07) is 8.53. The molecule has 10 heteroatoms. The molecule has 0 aliphatic heterocycles. The minimum atomic E-state index is -0.391. The molecule has 7 nitrogen and oxygen atoms in total. The fourth-order valence-electron chi connectivity index (χ4n) is 4.84. The number of esters is 1. The first-order valence-electron chi connectivity index (χ1n) is 12.6. The van der Waals surface area contributed by atoms with Crippen molar-refractivity contribution in [1.29, 1.82) is 0 Å². The van der Waals surface area contributed by atoms with Gasteiger partial charge in [0.15, 0.2) is 11.0 Å². The number of amides is 1. The van der Waals surface area contributed by atoms with E-state index in [0.29, 0.717) is 22.3 Å². The summed E-state index contributed by atoms with van der Waals surface area (Å²) in [5.74, 6) is 0.388. The van der Waals surface area contributed by atoms with E-state index in [1.807, 2.05) is 0 Å². The van der Waals surface area contributed by atoms with Crippen LogP contribution in [0.4, 0.5) is 5.00 Å². The van der Waals surface area contributed by atoms with Crippen molar-refractivity contribution < 1.29 is 14.3 Å². The van der Waals surface area contributed by atoms with Crippen LogP contribution >= 0.6 is 34.4 Å². The molecule has 3 aromatic heterocycles. The summed E-state index contributed by atoms with van der Waals surface area (Å²) in [6.45, 7) is 6.95. The Hall–Kier alpha value is -2.95. The molecular formula is C28H30N4O3S3. The van der Waals surface area contributed by atoms with Gasteiger partial charge in [-0.05, 0) is 57.6 Å². The summed E-state index contributed by atoms with van der Waals surface area (Å²) >= 11 is 4.54. The Kier molecular flexibility index (Phi) is 8.01. The number of carbonyl (C=O) groups excluding carboxylic acids is 2. The SMILES string of the molecule is CCn1c(SCC(=O)Nc2sc3c(c2C(=O)OC)CCCC3)nnc1-c1csc(C)c1-c1ccc(C)cc1. The zero-order valence-corrected chi connectivity index (χ0v) is 24.4. The van der Waals surface area contributed by atoms with Crippen molar-refractivity contribution in [2.45, 2.75) is 58.2 Å². The molecule has 0 saturated carbocycles. The molecule has 0 fully saturated rings. The molecule has 0 spiro atoms. The van der Waals surface area contributed by atoms with Crippen molar-refractivity contribution in [3.8, 4) is 22.5 Å². The smallest absolute Gasteiger partial charge is 0.341 e. The highest BCUT2D eigenvalue weighted by atomic mass is 32.2. The second-order valence-corrected chi connectivity index (χ2v) is 12.4. The maximum Gasteiger partial charge on any atom is 0.341 e. The molecule has 0 unspecified atom stereocenters. The van der Waals surface area contributed by atoms with Gasteiger partial charge in [-0.3, -0.25) is 4.79 Å². The summed E-state index contributed by atoms with van der Waals surface area (Å²) in [7, 11) is 1.38. The molecular weight excluding hydrogens is 537 g/mol. The lowest BCUT2D eigenvalue weighted by atomic mass is 9.95. The van der Waals surface area contributed by atoms with Crippen LogP contribution in [-0.4, -0.2) is 39.5 Å². The molecule has 0 bridgehead atoms. The van der Waals surface area contributed by atoms with Gasteiger partial charge < -0.3 is 14.6 Å². The highest BCUT2D eigenvalue weighted by Crippen LogP contribution is 2.40. The number of carbonyl (C=O) groups is 2. The number of methoxy groups -OCH3 is 1. The number of aromatic nitrogens is 3. The fourth-order valence-corrected chi connectivity index (χ4v) is 7.80. The Morgan fingerprint density at radius 2 is 1.89 bits per heavy atom. The van der Waals surface area contributed by atoms with Crippen LogP contribution in [-0.2, 0) is 28.9 Å². The number of benzene rings is 1. The summed E-state index contributed by atoms with van der Waals surface area (Å²) in [4.78, 5) is 27.9. The van der Waals surface area contributed by atoms with Crippen LogP contribution in [0.1, 0.15) is 51.0 Å². The van der Waals surface area contributed by atoms with Crippen molar-refractivity contribution in [2.24, 2.45) is 0 Å². The molecule has 4 aromatic rings. The van der Waals surface area contributed by atoms with E-state index in [0.717, 1.165) is 48.2 Å². The molecule has 3 heterocycles. The Morgan fingerprint density at radius 3 is 2.63 bits per heavy atom. The van der Waals surface area contributed by atoms with Crippen molar-refractivity contribution in [2.75, 3.05) is 18.2 Å². The first-order valence-corrected chi connectivity index (χ1v) is 15.3. The van der Waals surface area contributed by atoms with Gasteiger partial charge in [-0.1, -0.05) is 41.6 Å². The standard InChI is InChI=1S/C28H30N4O3S3/c1-5-32-25(20-14-36-17(3)23(20)18-12-10-16(2)11-13-18)30-31-28(32)37-15-22(33)29-26-24(27(34)35-4)19-8-6-7-9-21(19)38-26/h10-14H,5-9,15H2,1-4H3,(H,29,33). The van der Waals surface area contributed by atoms with Crippen LogP contribution in [0.3, 0.4) is 0 Å². The Balaban J connectivity index is 1.35. The van der Waals surface area contributed by atoms with Gasteiger partial charge in [0.05, 0.1) is 18.4 Å². The lowest BCUT2D eigenvalue weighted by molar-refractivity contribution is -0.113. The number of nitrogens with zero attached hydrogens (tertiary/aromatic N) is 3. The molecule has 0 saturated heterocycles. The summed E-state index contributed by atoms with van der Waals surface area (Å²) in [5.41, 5.74) is 6.14. The van der Waals surface area contributed by atoms with Gasteiger partial charge in [-0.2, -0.15) is 0 Å². The van der Waals surface area contributed by atoms with E-state index < -0.39 is 5.97 Å². The highest BCUT2D eigenvalue weighted by Gasteiger charge is 2.27. The van der Waals surface area contributed by atoms with Crippen LogP contribution in [0, 0.1) is 13.8 Å². The summed E-state index contributed by atoms with van der Waals surface area (Å²) in [6.07, 6.45) is 3.92. The number of ether oxygens (including phenoxy) is 1. The minimum Gasteiger partial charge on any atom is -0.465 e. The molecule has 1 aliphatic rings. The molecule has 0 atom stereocenters. The van der Waals surface area contributed by atoms with E-state index in [1.165, 1.54) is 51.1 Å². The van der Waals surface area contributed by atoms with Crippen LogP contribution in [0.15, 0.2) is 34.8 Å². The van der Waals surface area contributed by atoms with Gasteiger partial charge in [-0.25, -0.2) is 4.79 Å². The third-order valence-corrected chi connectivity index (χ3v) is 9.82. The number of hydrogen-bond donors (Lipinski definition) is 1. The number of anilines is 1. The third kappa shape index (κ3) is 5.17. The Bertz CT molecular complexity index is 1480. The van der Waals surface area contributed by atoms with E-state index in [2.05, 4.69) is 70.5 Å². The van der Waals surface area contributed by atoms with E-state index in [9.17, 15) is 9.59 Å². The van der Waals surface area contributed by atoms with Crippen LogP contribution in [0.25, 0.3) is 22.5 Å². The van der Waals surface area contributed by atoms with Gasteiger partial charge in [-0.15, -0.1) is 32.9 Å². The lowest BCUT2D eigenvalue weighted by Gasteiger charge is -2.12. The average molecular weight is 567 g/mol. The van der Waals surface area contributed by atoms with Gasteiger partial charge in [0.2, 0.25) is 5.91 Å². The van der Waals surface area contributed by atoms with Gasteiger partial charge in [0.25, 0.3) is 0 Å². The van der Waals surface area contributed by atoms with Crippen molar-refractivity contribution in [1.82, 2.24) is 14.8 Å². The lowest BCUT2D eigenvalue weighted by Crippen LogP contribution is -2.17. The number of hydrogen-bond acceptors (Lipinski definition) is 8. The molecule has 1 amide bonds. The van der Waals surface area contributed by atoms with Gasteiger partial charge in [0, 0.05) is 32.8 Å². The van der Waals surface area contributed by atoms with E-state index in [4.69, 9.17) is 4.74 Å². The van der Waals surface area contributed by atoms with Gasteiger partial charge in [0.1, 0.15) is 5.00 Å². The van der Waals surface area contributed by atoms with Crippen LogP contribution < -0.4 is 5.32 Å². The first-order chi connectivity index (χ1) is 18.4. The quantitative estimate of drug-likeness (QED) is 0.187. The van der Waals surface area contributed by atoms with Crippen molar-refractivity contribution in [3.63, 3.8) is 0 Å². The number of aryl methyl sites for hydroxylation is 3. The van der Waals surface area contributed by atoms with E-state index in [1.54, 1.807) is 11.3 Å². The second kappa shape index (κ2) is 11.4.